The van der Waals surface area contributed by atoms with Gasteiger partial charge in [0.25, 0.3) is 0 Å². The number of nitrogens with zero attached hydrogens (tertiary/aromatic N) is 1. The van der Waals surface area contributed by atoms with Gasteiger partial charge in [0.15, 0.2) is 11.5 Å². The summed E-state index contributed by atoms with van der Waals surface area (Å²) in [6.45, 7) is 0. The van der Waals surface area contributed by atoms with Crippen LogP contribution in [0.25, 0.3) is 11.1 Å². The number of carbonyl (C=O) groups is 1. The Morgan fingerprint density at radius 3 is 2.84 bits per heavy atom. The molecular formula is C14H11NO4. The van der Waals surface area contributed by atoms with Crippen LogP contribution in [0.2, 0.25) is 0 Å². The summed E-state index contributed by atoms with van der Waals surface area (Å²) in [6, 6.07) is 8.58. The number of benzene rings is 1. The van der Waals surface area contributed by atoms with Crippen molar-refractivity contribution in [1.82, 2.24) is 4.98 Å². The molecule has 0 spiro atoms. The molecule has 0 saturated carbocycles. The van der Waals surface area contributed by atoms with Crippen LogP contribution >= 0.6 is 0 Å². The normalized spacial score (nSPS) is 10.9. The molecule has 0 radical (unpaired) electrons. The average Bonchev–Trinajstić information content (AvgIpc) is 3.04. The molecule has 96 valence electrons. The van der Waals surface area contributed by atoms with Gasteiger partial charge >= 0.3 is 5.97 Å². The van der Waals surface area contributed by atoms with Gasteiger partial charge in [-0.25, -0.2) is 9.78 Å². The lowest BCUT2D eigenvalue weighted by Crippen LogP contribution is -1.97. The Balaban J connectivity index is 1.89. The molecule has 1 aromatic carbocycles. The van der Waals surface area contributed by atoms with Crippen molar-refractivity contribution in [3.8, 4) is 0 Å². The third kappa shape index (κ3) is 2.22. The fraction of sp³-hybridized carbons (Fsp3) is 0.143. The van der Waals surface area contributed by atoms with Crippen molar-refractivity contribution >= 4 is 17.1 Å². The molecule has 0 aliphatic carbocycles. The number of carboxylic acid groups (broad SMARTS) is 1. The number of oxazole rings is 1. The van der Waals surface area contributed by atoms with Gasteiger partial charge in [-0.15, -0.1) is 0 Å². The zero-order valence-corrected chi connectivity index (χ0v) is 10.00. The fourth-order valence-corrected chi connectivity index (χ4v) is 1.96. The average molecular weight is 257 g/mol. The Kier molecular flexibility index (Phi) is 2.79. The lowest BCUT2D eigenvalue weighted by molar-refractivity contribution is 0.0699. The summed E-state index contributed by atoms with van der Waals surface area (Å²) in [7, 11) is 0. The van der Waals surface area contributed by atoms with Crippen molar-refractivity contribution in [3.05, 3.63) is 53.8 Å². The molecule has 2 aromatic heterocycles. The van der Waals surface area contributed by atoms with E-state index in [4.69, 9.17) is 13.9 Å². The van der Waals surface area contributed by atoms with Crippen molar-refractivity contribution in [2.45, 2.75) is 12.8 Å². The summed E-state index contributed by atoms with van der Waals surface area (Å²) < 4.78 is 10.8. The number of fused-ring (bicyclic) bond motifs is 1. The second-order valence-corrected chi connectivity index (χ2v) is 4.14. The minimum Gasteiger partial charge on any atom is -0.478 e. The molecule has 0 unspecified atom stereocenters. The third-order valence-corrected chi connectivity index (χ3v) is 2.86. The lowest BCUT2D eigenvalue weighted by Gasteiger charge is -1.92. The molecule has 0 fully saturated rings. The van der Waals surface area contributed by atoms with E-state index in [1.165, 1.54) is 6.07 Å². The summed E-state index contributed by atoms with van der Waals surface area (Å²) >= 11 is 0. The van der Waals surface area contributed by atoms with Crippen LogP contribution in [0.4, 0.5) is 0 Å². The van der Waals surface area contributed by atoms with Crippen LogP contribution in [0.1, 0.15) is 22.0 Å². The van der Waals surface area contributed by atoms with Crippen molar-refractivity contribution in [2.75, 3.05) is 0 Å². The fourth-order valence-electron chi connectivity index (χ4n) is 1.96. The first-order chi connectivity index (χ1) is 9.24. The Hall–Kier alpha value is -2.56. The summed E-state index contributed by atoms with van der Waals surface area (Å²) in [5.41, 5.74) is 1.05. The highest BCUT2D eigenvalue weighted by atomic mass is 16.4. The first kappa shape index (κ1) is 11.5. The molecule has 19 heavy (non-hydrogen) atoms. The highest BCUT2D eigenvalue weighted by Gasteiger charge is 2.14. The molecule has 5 nitrogen and oxygen atoms in total. The van der Waals surface area contributed by atoms with E-state index < -0.39 is 5.97 Å². The molecule has 0 aliphatic heterocycles. The Labute approximate surface area is 108 Å². The number of aromatic nitrogens is 1. The number of carboxylic acids is 1. The second kappa shape index (κ2) is 4.61. The van der Waals surface area contributed by atoms with E-state index in [1.54, 1.807) is 18.4 Å². The topological polar surface area (TPSA) is 76.5 Å². The lowest BCUT2D eigenvalue weighted by atomic mass is 10.2. The number of hydrogen-bond donors (Lipinski definition) is 1. The van der Waals surface area contributed by atoms with Gasteiger partial charge in [0.05, 0.1) is 11.8 Å². The maximum atomic E-state index is 11.1. The van der Waals surface area contributed by atoms with Gasteiger partial charge in [-0.1, -0.05) is 6.07 Å². The molecule has 0 saturated heterocycles. The molecule has 3 aromatic rings. The maximum Gasteiger partial charge on any atom is 0.338 e. The largest absolute Gasteiger partial charge is 0.478 e. The first-order valence-electron chi connectivity index (χ1n) is 5.88. The molecule has 0 amide bonds. The van der Waals surface area contributed by atoms with Gasteiger partial charge in [-0.3, -0.25) is 0 Å². The van der Waals surface area contributed by atoms with E-state index in [-0.39, 0.29) is 5.56 Å². The Morgan fingerprint density at radius 1 is 1.21 bits per heavy atom. The highest BCUT2D eigenvalue weighted by molar-refractivity contribution is 6.00. The van der Waals surface area contributed by atoms with Crippen molar-refractivity contribution < 1.29 is 18.7 Å². The van der Waals surface area contributed by atoms with Crippen LogP contribution in [0, 0.1) is 0 Å². The van der Waals surface area contributed by atoms with Gasteiger partial charge in [-0.05, 0) is 24.3 Å². The molecule has 0 bridgehead atoms. The van der Waals surface area contributed by atoms with E-state index in [0.29, 0.717) is 29.8 Å². The van der Waals surface area contributed by atoms with Crippen molar-refractivity contribution in [1.29, 1.82) is 0 Å². The van der Waals surface area contributed by atoms with Gasteiger partial charge in [0, 0.05) is 12.8 Å². The second-order valence-electron chi connectivity index (χ2n) is 4.14. The smallest absolute Gasteiger partial charge is 0.338 e. The van der Waals surface area contributed by atoms with E-state index in [0.717, 1.165) is 5.76 Å². The minimum absolute atomic E-state index is 0.158. The van der Waals surface area contributed by atoms with Crippen molar-refractivity contribution in [2.24, 2.45) is 0 Å². The van der Waals surface area contributed by atoms with Crippen molar-refractivity contribution in [3.63, 3.8) is 0 Å². The number of aryl methyl sites for hydroxylation is 2. The predicted octanol–water partition coefficient (Wildman–Crippen LogP) is 2.90. The molecule has 1 N–H and O–H groups in total. The van der Waals surface area contributed by atoms with Gasteiger partial charge in [-0.2, -0.15) is 0 Å². The van der Waals surface area contributed by atoms with Crippen LogP contribution in [-0.4, -0.2) is 16.1 Å². The van der Waals surface area contributed by atoms with Crippen LogP contribution in [0.3, 0.4) is 0 Å². The number of hydrogen-bond acceptors (Lipinski definition) is 4. The summed E-state index contributed by atoms with van der Waals surface area (Å²) in [4.78, 5) is 15.3. The number of para-hydroxylation sites is 1. The number of aromatic carboxylic acids is 1. The van der Waals surface area contributed by atoms with E-state index in [1.807, 2.05) is 12.1 Å². The molecule has 2 heterocycles. The molecule has 0 aliphatic rings. The van der Waals surface area contributed by atoms with Gasteiger partial charge in [0.2, 0.25) is 0 Å². The van der Waals surface area contributed by atoms with Gasteiger partial charge in [0.1, 0.15) is 11.3 Å². The quantitative estimate of drug-likeness (QED) is 0.777. The third-order valence-electron chi connectivity index (χ3n) is 2.86. The Morgan fingerprint density at radius 2 is 2.11 bits per heavy atom. The molecular weight excluding hydrogens is 246 g/mol. The molecule has 5 heteroatoms. The molecule has 3 rings (SSSR count). The summed E-state index contributed by atoms with van der Waals surface area (Å²) in [6.07, 6.45) is 2.85. The highest BCUT2D eigenvalue weighted by Crippen LogP contribution is 2.20. The van der Waals surface area contributed by atoms with Crippen LogP contribution in [-0.2, 0) is 12.8 Å². The Bertz CT molecular complexity index is 712. The zero-order chi connectivity index (χ0) is 13.2. The van der Waals surface area contributed by atoms with Crippen LogP contribution in [0.5, 0.6) is 0 Å². The zero-order valence-electron chi connectivity index (χ0n) is 10.00. The summed E-state index contributed by atoms with van der Waals surface area (Å²) in [5.74, 6) is 0.359. The summed E-state index contributed by atoms with van der Waals surface area (Å²) in [5, 5.41) is 9.08. The maximum absolute atomic E-state index is 11.1. The monoisotopic (exact) mass is 257 g/mol. The van der Waals surface area contributed by atoms with E-state index in [2.05, 4.69) is 4.98 Å². The van der Waals surface area contributed by atoms with Crippen LogP contribution < -0.4 is 0 Å². The SMILES string of the molecule is O=C(O)c1cccc2oc(CCc3ccco3)nc12. The first-order valence-corrected chi connectivity index (χ1v) is 5.88. The molecule has 0 atom stereocenters. The standard InChI is InChI=1S/C14H11NO4/c16-14(17)10-4-1-5-11-13(10)15-12(19-11)7-6-9-3-2-8-18-9/h1-5,8H,6-7H2,(H,16,17). The predicted molar refractivity (Wildman–Crippen MR) is 67.1 cm³/mol. The minimum atomic E-state index is -1.00. The number of rotatable bonds is 4. The number of furan rings is 1. The van der Waals surface area contributed by atoms with Gasteiger partial charge < -0.3 is 13.9 Å². The van der Waals surface area contributed by atoms with Crippen LogP contribution in [0.15, 0.2) is 45.4 Å². The van der Waals surface area contributed by atoms with E-state index >= 15 is 0 Å². The van der Waals surface area contributed by atoms with E-state index in [9.17, 15) is 4.79 Å².